The van der Waals surface area contributed by atoms with Gasteiger partial charge in [0.05, 0.1) is 12.4 Å². The predicted octanol–water partition coefficient (Wildman–Crippen LogP) is -2.01. The van der Waals surface area contributed by atoms with Crippen LogP contribution in [0, 0.1) is 5.92 Å². The number of imidazole rings is 1. The second-order valence-electron chi connectivity index (χ2n) is 8.98. The van der Waals surface area contributed by atoms with Gasteiger partial charge in [0.25, 0.3) is 0 Å². The molecule has 1 aromatic rings. The first kappa shape index (κ1) is 31.0. The Morgan fingerprint density at radius 2 is 1.51 bits per heavy atom. The van der Waals surface area contributed by atoms with Crippen LogP contribution in [0.1, 0.15) is 51.6 Å². The molecule has 0 aliphatic carbocycles. The first-order valence-corrected chi connectivity index (χ1v) is 11.7. The molecule has 1 heterocycles. The summed E-state index contributed by atoms with van der Waals surface area (Å²) in [5.74, 6) is -5.62. The maximum atomic E-state index is 13.1. The number of carboxylic acid groups (broad SMARTS) is 2. The second-order valence-corrected chi connectivity index (χ2v) is 8.98. The lowest BCUT2D eigenvalue weighted by atomic mass is 10.0. The highest BCUT2D eigenvalue weighted by Gasteiger charge is 2.31. The first-order chi connectivity index (χ1) is 17.3. The number of aromatic nitrogens is 2. The normalized spacial score (nSPS) is 14.2. The monoisotopic (exact) mass is 525 g/mol. The zero-order valence-corrected chi connectivity index (χ0v) is 20.7. The summed E-state index contributed by atoms with van der Waals surface area (Å²) in [7, 11) is 0. The standard InChI is InChI=1S/C22H35N7O8/c1-11(2)7-15(28-19(33)13(23)3-5-17(24)30)20(34)29-16(8-12-9-25-10-26-12)21(35)27-14(22(36)37)4-6-18(31)32/h9-11,13-16H,3-8,23H2,1-2H3,(H2,24,30)(H,25,26)(H,27,35)(H,28,33)(H,29,34)(H,31,32)(H,36,37). The topological polar surface area (TPSA) is 260 Å². The second kappa shape index (κ2) is 15.2. The fourth-order valence-electron chi connectivity index (χ4n) is 3.31. The highest BCUT2D eigenvalue weighted by Crippen LogP contribution is 2.09. The molecule has 15 nitrogen and oxygen atoms in total. The minimum absolute atomic E-state index is 0.0189. The number of aliphatic carboxylic acids is 2. The van der Waals surface area contributed by atoms with Gasteiger partial charge in [-0.2, -0.15) is 0 Å². The number of rotatable bonds is 17. The molecule has 0 saturated heterocycles. The number of aromatic amines is 1. The number of nitrogens with zero attached hydrogens (tertiary/aromatic N) is 1. The van der Waals surface area contributed by atoms with Gasteiger partial charge < -0.3 is 42.6 Å². The number of nitrogens with two attached hydrogens (primary N) is 2. The van der Waals surface area contributed by atoms with Gasteiger partial charge in [0, 0.05) is 31.2 Å². The van der Waals surface area contributed by atoms with Gasteiger partial charge in [-0.05, 0) is 25.2 Å². The quantitative estimate of drug-likeness (QED) is 0.111. The van der Waals surface area contributed by atoms with E-state index in [1.807, 2.05) is 13.8 Å². The Bertz CT molecular complexity index is 951. The molecule has 0 aromatic carbocycles. The van der Waals surface area contributed by atoms with Crippen molar-refractivity contribution in [2.45, 2.75) is 76.5 Å². The lowest BCUT2D eigenvalue weighted by molar-refractivity contribution is -0.143. The van der Waals surface area contributed by atoms with Crippen LogP contribution < -0.4 is 27.4 Å². The molecule has 0 radical (unpaired) electrons. The fraction of sp³-hybridized carbons (Fsp3) is 0.591. The van der Waals surface area contributed by atoms with E-state index < -0.39 is 66.2 Å². The van der Waals surface area contributed by atoms with E-state index in [2.05, 4.69) is 25.9 Å². The summed E-state index contributed by atoms with van der Waals surface area (Å²) in [6.07, 6.45) is 1.87. The molecular formula is C22H35N7O8. The number of primary amides is 1. The molecule has 206 valence electrons. The maximum absolute atomic E-state index is 13.1. The van der Waals surface area contributed by atoms with Crippen LogP contribution in [-0.4, -0.2) is 79.9 Å². The van der Waals surface area contributed by atoms with Crippen LogP contribution in [0.5, 0.6) is 0 Å². The zero-order valence-electron chi connectivity index (χ0n) is 20.7. The number of carboxylic acids is 2. The molecule has 37 heavy (non-hydrogen) atoms. The SMILES string of the molecule is CC(C)CC(NC(=O)C(N)CCC(N)=O)C(=O)NC(Cc1cnc[nH]1)C(=O)NC(CCC(=O)O)C(=O)O. The van der Waals surface area contributed by atoms with Crippen LogP contribution in [0.2, 0.25) is 0 Å². The van der Waals surface area contributed by atoms with Gasteiger partial charge in [-0.15, -0.1) is 0 Å². The molecule has 0 aliphatic rings. The van der Waals surface area contributed by atoms with Crippen molar-refractivity contribution < 1.29 is 39.0 Å². The van der Waals surface area contributed by atoms with Crippen LogP contribution in [0.15, 0.2) is 12.5 Å². The molecule has 4 amide bonds. The summed E-state index contributed by atoms with van der Waals surface area (Å²) in [5, 5.41) is 25.5. The van der Waals surface area contributed by atoms with Crippen LogP contribution >= 0.6 is 0 Å². The molecule has 0 bridgehead atoms. The molecule has 1 rings (SSSR count). The molecule has 1 aromatic heterocycles. The van der Waals surface area contributed by atoms with Gasteiger partial charge in [0.15, 0.2) is 0 Å². The van der Waals surface area contributed by atoms with Crippen LogP contribution in [-0.2, 0) is 35.2 Å². The zero-order chi connectivity index (χ0) is 28.1. The number of hydrogen-bond donors (Lipinski definition) is 8. The third-order valence-electron chi connectivity index (χ3n) is 5.25. The fourth-order valence-corrected chi connectivity index (χ4v) is 3.31. The Morgan fingerprint density at radius 3 is 2.03 bits per heavy atom. The largest absolute Gasteiger partial charge is 0.481 e. The predicted molar refractivity (Wildman–Crippen MR) is 128 cm³/mol. The summed E-state index contributed by atoms with van der Waals surface area (Å²) in [4.78, 5) is 78.6. The van der Waals surface area contributed by atoms with Crippen molar-refractivity contribution in [3.63, 3.8) is 0 Å². The number of nitrogens with one attached hydrogen (secondary N) is 4. The molecule has 0 spiro atoms. The highest BCUT2D eigenvalue weighted by molar-refractivity contribution is 5.94. The molecule has 4 atom stereocenters. The van der Waals surface area contributed by atoms with Crippen molar-refractivity contribution in [1.29, 1.82) is 0 Å². The van der Waals surface area contributed by atoms with Crippen molar-refractivity contribution in [3.8, 4) is 0 Å². The summed E-state index contributed by atoms with van der Waals surface area (Å²) in [5.41, 5.74) is 11.3. The summed E-state index contributed by atoms with van der Waals surface area (Å²) in [6.45, 7) is 3.63. The van der Waals surface area contributed by atoms with Gasteiger partial charge in [-0.3, -0.25) is 24.0 Å². The van der Waals surface area contributed by atoms with E-state index in [1.54, 1.807) is 0 Å². The summed E-state index contributed by atoms with van der Waals surface area (Å²) in [6, 6.07) is -4.97. The van der Waals surface area contributed by atoms with Gasteiger partial charge >= 0.3 is 11.9 Å². The van der Waals surface area contributed by atoms with Crippen molar-refractivity contribution in [1.82, 2.24) is 25.9 Å². The minimum Gasteiger partial charge on any atom is -0.481 e. The molecular weight excluding hydrogens is 490 g/mol. The van der Waals surface area contributed by atoms with Crippen LogP contribution in [0.3, 0.4) is 0 Å². The maximum Gasteiger partial charge on any atom is 0.326 e. The van der Waals surface area contributed by atoms with Crippen LogP contribution in [0.25, 0.3) is 0 Å². The minimum atomic E-state index is -1.50. The van der Waals surface area contributed by atoms with Crippen molar-refractivity contribution in [2.24, 2.45) is 17.4 Å². The summed E-state index contributed by atoms with van der Waals surface area (Å²) < 4.78 is 0. The molecule has 0 aliphatic heterocycles. The molecule has 0 saturated carbocycles. The van der Waals surface area contributed by atoms with E-state index in [1.165, 1.54) is 12.5 Å². The average molecular weight is 526 g/mol. The Morgan fingerprint density at radius 1 is 0.919 bits per heavy atom. The first-order valence-electron chi connectivity index (χ1n) is 11.7. The van der Waals surface area contributed by atoms with Crippen molar-refractivity contribution in [3.05, 3.63) is 18.2 Å². The Hall–Kier alpha value is -4.01. The van der Waals surface area contributed by atoms with E-state index in [0.717, 1.165) is 0 Å². The van der Waals surface area contributed by atoms with Crippen LogP contribution in [0.4, 0.5) is 0 Å². The average Bonchev–Trinajstić information content (AvgIpc) is 3.31. The third-order valence-corrected chi connectivity index (χ3v) is 5.25. The third kappa shape index (κ3) is 12.0. The smallest absolute Gasteiger partial charge is 0.326 e. The van der Waals surface area contributed by atoms with Crippen molar-refractivity contribution >= 4 is 35.6 Å². The van der Waals surface area contributed by atoms with Gasteiger partial charge in [-0.1, -0.05) is 13.8 Å². The molecule has 10 N–H and O–H groups in total. The number of H-pyrrole nitrogens is 1. The molecule has 0 fully saturated rings. The molecule has 15 heteroatoms. The van der Waals surface area contributed by atoms with Gasteiger partial charge in [-0.25, -0.2) is 9.78 Å². The van der Waals surface area contributed by atoms with Gasteiger partial charge in [0.2, 0.25) is 23.6 Å². The van der Waals surface area contributed by atoms with E-state index in [4.69, 9.17) is 16.6 Å². The number of carbonyl (C=O) groups is 6. The Balaban J connectivity index is 3.04. The Kier molecular flexibility index (Phi) is 12.7. The van der Waals surface area contributed by atoms with E-state index >= 15 is 0 Å². The summed E-state index contributed by atoms with van der Waals surface area (Å²) >= 11 is 0. The van der Waals surface area contributed by atoms with Gasteiger partial charge in [0.1, 0.15) is 18.1 Å². The molecule has 4 unspecified atom stereocenters. The van der Waals surface area contributed by atoms with E-state index in [0.29, 0.717) is 5.69 Å². The number of carbonyl (C=O) groups excluding carboxylic acids is 4. The number of hydrogen-bond acceptors (Lipinski definition) is 8. The Labute approximate surface area is 213 Å². The lowest BCUT2D eigenvalue weighted by Gasteiger charge is -2.26. The number of amides is 4. The van der Waals surface area contributed by atoms with E-state index in [9.17, 15) is 33.9 Å². The van der Waals surface area contributed by atoms with Crippen molar-refractivity contribution in [2.75, 3.05) is 0 Å². The highest BCUT2D eigenvalue weighted by atomic mass is 16.4. The van der Waals surface area contributed by atoms with E-state index in [-0.39, 0.29) is 38.0 Å². The lowest BCUT2D eigenvalue weighted by Crippen LogP contribution is -2.58.